The first-order valence-electron chi connectivity index (χ1n) is 10.7. The van der Waals surface area contributed by atoms with Crippen LogP contribution in [0.5, 0.6) is 5.75 Å². The third-order valence-electron chi connectivity index (χ3n) is 5.93. The number of aromatic nitrogens is 4. The number of aromatic amines is 1. The summed E-state index contributed by atoms with van der Waals surface area (Å²) >= 11 is 12.5. The second-order valence-electron chi connectivity index (χ2n) is 8.06. The molecule has 0 unspecified atom stereocenters. The van der Waals surface area contributed by atoms with E-state index in [1.807, 2.05) is 17.0 Å². The Balaban J connectivity index is 1.46. The van der Waals surface area contributed by atoms with E-state index in [2.05, 4.69) is 26.2 Å². The first-order chi connectivity index (χ1) is 16.5. The summed E-state index contributed by atoms with van der Waals surface area (Å²) < 4.78 is 20.7. The van der Waals surface area contributed by atoms with E-state index in [-0.39, 0.29) is 11.8 Å². The van der Waals surface area contributed by atoms with Crippen molar-refractivity contribution in [1.82, 2.24) is 20.2 Å². The molecule has 1 N–H and O–H groups in total. The van der Waals surface area contributed by atoms with Crippen LogP contribution >= 0.6 is 23.2 Å². The van der Waals surface area contributed by atoms with Crippen LogP contribution < -0.4 is 9.64 Å². The molecular formula is C24H19Cl2FN6O. The minimum Gasteiger partial charge on any atom is -0.483 e. The normalized spacial score (nSPS) is 16.6. The average Bonchev–Trinajstić information content (AvgIpc) is 3.46. The summed E-state index contributed by atoms with van der Waals surface area (Å²) in [5.41, 5.74) is 2.43. The maximum absolute atomic E-state index is 14.8. The molecule has 10 heteroatoms. The summed E-state index contributed by atoms with van der Waals surface area (Å²) in [6, 6.07) is 8.88. The van der Waals surface area contributed by atoms with Crippen LogP contribution in [0, 0.1) is 17.1 Å². The zero-order chi connectivity index (χ0) is 23.8. The molecule has 1 aliphatic rings. The maximum atomic E-state index is 14.8. The van der Waals surface area contributed by atoms with Crippen LogP contribution in [0.15, 0.2) is 42.9 Å². The van der Waals surface area contributed by atoms with Gasteiger partial charge in [0.15, 0.2) is 11.6 Å². The van der Waals surface area contributed by atoms with Crippen LogP contribution in [-0.2, 0) is 0 Å². The monoisotopic (exact) mass is 496 g/mol. The Morgan fingerprint density at radius 3 is 2.74 bits per heavy atom. The summed E-state index contributed by atoms with van der Waals surface area (Å²) in [7, 11) is 0. The summed E-state index contributed by atoms with van der Waals surface area (Å²) in [5.74, 6) is 0.258. The summed E-state index contributed by atoms with van der Waals surface area (Å²) in [5, 5.41) is 17.9. The van der Waals surface area contributed by atoms with Crippen molar-refractivity contribution in [1.29, 1.82) is 5.26 Å². The van der Waals surface area contributed by atoms with Crippen molar-refractivity contribution in [3.05, 3.63) is 64.3 Å². The van der Waals surface area contributed by atoms with E-state index in [1.165, 1.54) is 18.5 Å². The lowest BCUT2D eigenvalue weighted by molar-refractivity contribution is 0.217. The van der Waals surface area contributed by atoms with E-state index in [1.54, 1.807) is 19.2 Å². The fourth-order valence-electron chi connectivity index (χ4n) is 4.26. The predicted octanol–water partition coefficient (Wildman–Crippen LogP) is 6.10. The van der Waals surface area contributed by atoms with E-state index in [0.29, 0.717) is 32.2 Å². The SMILES string of the molecule is C[C@@H](Oc1cc2c(-c3ccc(N4CCC[C@@H]4C#N)nc3)n[nH]c2cc1F)c1c(Cl)cncc1Cl. The highest BCUT2D eigenvalue weighted by Crippen LogP contribution is 2.36. The Morgan fingerprint density at radius 1 is 1.24 bits per heavy atom. The average molecular weight is 497 g/mol. The molecule has 5 rings (SSSR count). The second kappa shape index (κ2) is 9.09. The number of halogens is 3. The standard InChI is InChI=1S/C24H19Cl2FN6O/c1-13(23-17(25)11-29-12-18(23)26)34-21-7-16-20(8-19(21)27)31-32-24(16)14-4-5-22(30-10-14)33-6-2-3-15(33)9-28/h4-5,7-8,10-13,15H,2-3,6H2,1H3,(H,31,32)/t13-,15-/m1/s1. The summed E-state index contributed by atoms with van der Waals surface area (Å²) in [6.45, 7) is 2.54. The molecule has 4 heterocycles. The number of nitrogens with zero attached hydrogens (tertiary/aromatic N) is 5. The highest BCUT2D eigenvalue weighted by atomic mass is 35.5. The number of nitriles is 1. The largest absolute Gasteiger partial charge is 0.483 e. The Hall–Kier alpha value is -3.41. The number of benzene rings is 1. The van der Waals surface area contributed by atoms with Gasteiger partial charge in [-0.05, 0) is 38.0 Å². The van der Waals surface area contributed by atoms with E-state index >= 15 is 0 Å². The van der Waals surface area contributed by atoms with Gasteiger partial charge in [0.2, 0.25) is 0 Å². The van der Waals surface area contributed by atoms with E-state index in [0.717, 1.165) is 30.8 Å². The van der Waals surface area contributed by atoms with Gasteiger partial charge in [-0.25, -0.2) is 9.37 Å². The highest BCUT2D eigenvalue weighted by molar-refractivity contribution is 6.35. The van der Waals surface area contributed by atoms with E-state index in [9.17, 15) is 9.65 Å². The van der Waals surface area contributed by atoms with Crippen molar-refractivity contribution < 1.29 is 9.13 Å². The number of rotatable bonds is 5. The van der Waals surface area contributed by atoms with Crippen molar-refractivity contribution in [2.75, 3.05) is 11.4 Å². The van der Waals surface area contributed by atoms with Gasteiger partial charge in [0.25, 0.3) is 0 Å². The second-order valence-corrected chi connectivity index (χ2v) is 8.88. The third-order valence-corrected chi connectivity index (χ3v) is 6.54. The molecule has 0 spiro atoms. The van der Waals surface area contributed by atoms with Gasteiger partial charge in [0.05, 0.1) is 21.6 Å². The Kier molecular flexibility index (Phi) is 5.98. The predicted molar refractivity (Wildman–Crippen MR) is 129 cm³/mol. The quantitative estimate of drug-likeness (QED) is 0.359. The van der Waals surface area contributed by atoms with Crippen LogP contribution in [0.3, 0.4) is 0 Å². The van der Waals surface area contributed by atoms with Gasteiger partial charge in [-0.3, -0.25) is 10.1 Å². The molecule has 0 amide bonds. The number of hydrogen-bond acceptors (Lipinski definition) is 6. The van der Waals surface area contributed by atoms with E-state index in [4.69, 9.17) is 27.9 Å². The van der Waals surface area contributed by atoms with Gasteiger partial charge in [-0.1, -0.05) is 23.2 Å². The zero-order valence-corrected chi connectivity index (χ0v) is 19.6. The van der Waals surface area contributed by atoms with Crippen LogP contribution in [-0.4, -0.2) is 32.8 Å². The van der Waals surface area contributed by atoms with Crippen molar-refractivity contribution >= 4 is 39.9 Å². The van der Waals surface area contributed by atoms with Crippen molar-refractivity contribution in [3.8, 4) is 23.1 Å². The molecule has 4 aromatic rings. The van der Waals surface area contributed by atoms with Crippen molar-refractivity contribution in [2.24, 2.45) is 0 Å². The number of hydrogen-bond donors (Lipinski definition) is 1. The minimum absolute atomic E-state index is 0.0464. The van der Waals surface area contributed by atoms with Crippen molar-refractivity contribution in [2.45, 2.75) is 31.9 Å². The summed E-state index contributed by atoms with van der Waals surface area (Å²) in [6.07, 6.45) is 5.84. The zero-order valence-electron chi connectivity index (χ0n) is 18.1. The molecule has 1 saturated heterocycles. The van der Waals surface area contributed by atoms with Crippen LogP contribution in [0.1, 0.15) is 31.4 Å². The molecule has 3 aromatic heterocycles. The molecule has 1 aromatic carbocycles. The molecule has 0 aliphatic carbocycles. The fraction of sp³-hybridized carbons (Fsp3) is 0.250. The fourth-order valence-corrected chi connectivity index (χ4v) is 4.93. The van der Waals surface area contributed by atoms with Crippen LogP contribution in [0.2, 0.25) is 10.0 Å². The lowest BCUT2D eigenvalue weighted by Crippen LogP contribution is -2.28. The van der Waals surface area contributed by atoms with Gasteiger partial charge in [0.1, 0.15) is 23.7 Å². The highest BCUT2D eigenvalue weighted by Gasteiger charge is 2.25. The van der Waals surface area contributed by atoms with Gasteiger partial charge in [-0.2, -0.15) is 10.4 Å². The number of ether oxygens (including phenoxy) is 1. The number of anilines is 1. The Bertz CT molecular complexity index is 1380. The molecule has 7 nitrogen and oxygen atoms in total. The molecule has 0 saturated carbocycles. The molecule has 1 aliphatic heterocycles. The van der Waals surface area contributed by atoms with Gasteiger partial charge >= 0.3 is 0 Å². The molecule has 172 valence electrons. The lowest BCUT2D eigenvalue weighted by atomic mass is 10.1. The smallest absolute Gasteiger partial charge is 0.167 e. The Labute approximate surface area is 205 Å². The number of nitrogens with one attached hydrogen (secondary N) is 1. The first kappa shape index (κ1) is 22.4. The number of fused-ring (bicyclic) bond motifs is 1. The van der Waals surface area contributed by atoms with Crippen LogP contribution in [0.4, 0.5) is 10.2 Å². The van der Waals surface area contributed by atoms with E-state index < -0.39 is 11.9 Å². The number of pyridine rings is 2. The van der Waals surface area contributed by atoms with Crippen molar-refractivity contribution in [3.63, 3.8) is 0 Å². The molecule has 0 radical (unpaired) electrons. The molecule has 2 atom stereocenters. The maximum Gasteiger partial charge on any atom is 0.167 e. The third kappa shape index (κ3) is 4.02. The molecular weight excluding hydrogens is 478 g/mol. The molecule has 1 fully saturated rings. The molecule has 34 heavy (non-hydrogen) atoms. The molecule has 0 bridgehead atoms. The first-order valence-corrected chi connectivity index (χ1v) is 11.5. The lowest BCUT2D eigenvalue weighted by Gasteiger charge is -2.20. The van der Waals surface area contributed by atoms with Crippen LogP contribution in [0.25, 0.3) is 22.2 Å². The van der Waals surface area contributed by atoms with Gasteiger partial charge < -0.3 is 9.64 Å². The van der Waals surface area contributed by atoms with Gasteiger partial charge in [0, 0.05) is 47.7 Å². The summed E-state index contributed by atoms with van der Waals surface area (Å²) in [4.78, 5) is 10.5. The topological polar surface area (TPSA) is 90.7 Å². The Morgan fingerprint density at radius 2 is 2.03 bits per heavy atom. The minimum atomic E-state index is -0.611. The van der Waals surface area contributed by atoms with Gasteiger partial charge in [-0.15, -0.1) is 0 Å². The number of H-pyrrole nitrogens is 1.